The van der Waals surface area contributed by atoms with Crippen LogP contribution in [0.1, 0.15) is 62.4 Å². The van der Waals surface area contributed by atoms with Crippen molar-refractivity contribution in [1.29, 1.82) is 0 Å². The Kier molecular flexibility index (Phi) is 6.55. The number of ether oxygens (including phenoxy) is 1. The Bertz CT molecular complexity index is 1140. The molecular weight excluding hydrogens is 406 g/mol. The molecule has 7 nitrogen and oxygen atoms in total. The number of carbonyl (C=O) groups is 1. The van der Waals surface area contributed by atoms with Crippen LogP contribution in [0.4, 0.5) is 0 Å². The summed E-state index contributed by atoms with van der Waals surface area (Å²) in [4.78, 5) is 27.1. The van der Waals surface area contributed by atoms with Gasteiger partial charge in [0.15, 0.2) is 0 Å². The molecule has 4 rings (SSSR count). The predicted molar refractivity (Wildman–Crippen MR) is 125 cm³/mol. The molecule has 1 saturated heterocycles. The van der Waals surface area contributed by atoms with Gasteiger partial charge in [0.05, 0.1) is 18.2 Å². The molecular formula is C25H33N3O4. The second-order valence-electron chi connectivity index (χ2n) is 9.05. The van der Waals surface area contributed by atoms with E-state index >= 15 is 0 Å². The molecule has 0 aromatic carbocycles. The molecule has 2 heterocycles. The third-order valence-electron chi connectivity index (χ3n) is 6.48. The molecule has 1 atom stereocenters. The summed E-state index contributed by atoms with van der Waals surface area (Å²) in [5.41, 5.74) is 1.38. The van der Waals surface area contributed by atoms with Crippen LogP contribution in [0.5, 0.6) is 0 Å². The van der Waals surface area contributed by atoms with Crippen molar-refractivity contribution < 1.29 is 14.6 Å². The lowest BCUT2D eigenvalue weighted by atomic mass is 10.1. The minimum absolute atomic E-state index is 0.185. The third-order valence-corrected chi connectivity index (χ3v) is 6.48. The molecule has 172 valence electrons. The number of fused-ring (bicyclic) bond motifs is 1. The van der Waals surface area contributed by atoms with E-state index in [0.717, 1.165) is 55.5 Å². The number of hydrogen-bond donors (Lipinski definition) is 2. The van der Waals surface area contributed by atoms with Gasteiger partial charge in [-0.2, -0.15) is 0 Å². The Morgan fingerprint density at radius 1 is 1.22 bits per heavy atom. The van der Waals surface area contributed by atoms with E-state index in [9.17, 15) is 14.7 Å². The van der Waals surface area contributed by atoms with Crippen molar-refractivity contribution in [2.75, 3.05) is 26.7 Å². The van der Waals surface area contributed by atoms with Gasteiger partial charge >= 0.3 is 5.97 Å². The van der Waals surface area contributed by atoms with Crippen molar-refractivity contribution in [1.82, 2.24) is 14.8 Å². The lowest BCUT2D eigenvalue weighted by Gasteiger charge is -2.31. The number of aromatic carboxylic acids is 1. The van der Waals surface area contributed by atoms with Crippen LogP contribution in [0.25, 0.3) is 12.2 Å². The molecule has 2 fully saturated rings. The number of nitrogens with one attached hydrogen (secondary N) is 1. The van der Waals surface area contributed by atoms with E-state index in [2.05, 4.69) is 17.1 Å². The smallest absolute Gasteiger partial charge is 0.341 e. The molecule has 1 aromatic heterocycles. The molecule has 0 spiro atoms. The van der Waals surface area contributed by atoms with Gasteiger partial charge in [-0.05, 0) is 57.7 Å². The van der Waals surface area contributed by atoms with Crippen molar-refractivity contribution in [3.05, 3.63) is 55.7 Å². The van der Waals surface area contributed by atoms with E-state index in [0.29, 0.717) is 17.0 Å². The van der Waals surface area contributed by atoms with Gasteiger partial charge in [-0.1, -0.05) is 12.5 Å². The second-order valence-corrected chi connectivity index (χ2v) is 9.05. The Balaban J connectivity index is 1.94. The first-order valence-corrected chi connectivity index (χ1v) is 11.6. The number of carboxylic acid groups (broad SMARTS) is 1. The topological polar surface area (TPSA) is 83.8 Å². The highest BCUT2D eigenvalue weighted by molar-refractivity contribution is 5.87. The standard InChI is InChI=1S/C25H33N3O4/c1-16-7-10-19-21(28(18-8-9-18)15-20(24(19)29)25(30)31)13-22(32-3)23(16)27-12-6-4-5-11-26-17(2)14-27/h7,10,13,15,17-18,26H,4-6,8-9,11-12,14H2,1-3H3,(H,30,31)/b10-7?,16-7-,19-10+,21-13+,22-13?,23-16?,23-22-. The van der Waals surface area contributed by atoms with E-state index in [4.69, 9.17) is 4.74 Å². The lowest BCUT2D eigenvalue weighted by molar-refractivity contribution is 0.0694. The van der Waals surface area contributed by atoms with Crippen LogP contribution in [0.2, 0.25) is 0 Å². The maximum atomic E-state index is 13.0. The Morgan fingerprint density at radius 2 is 2.00 bits per heavy atom. The van der Waals surface area contributed by atoms with Crippen LogP contribution < -0.4 is 21.3 Å². The van der Waals surface area contributed by atoms with Gasteiger partial charge in [0.25, 0.3) is 0 Å². The van der Waals surface area contributed by atoms with E-state index in [1.54, 1.807) is 13.2 Å². The normalized spacial score (nSPS) is 28.2. The number of nitrogens with zero attached hydrogens (tertiary/aromatic N) is 2. The zero-order chi connectivity index (χ0) is 22.8. The van der Waals surface area contributed by atoms with E-state index in [1.807, 2.05) is 23.6 Å². The van der Waals surface area contributed by atoms with Crippen molar-refractivity contribution in [2.45, 2.75) is 58.0 Å². The fraction of sp³-hybridized carbons (Fsp3) is 0.520. The van der Waals surface area contributed by atoms with E-state index in [1.165, 1.54) is 19.0 Å². The SMILES string of the molecule is COC1=C(N2CCCCCNC(C)C2)/C(C)=C\C=c2\c(=O)c(C(=O)O)cn(C3CC3)\c2=C\1. The zero-order valence-electron chi connectivity index (χ0n) is 19.2. The molecule has 1 aromatic rings. The fourth-order valence-corrected chi connectivity index (χ4v) is 4.67. The Morgan fingerprint density at radius 3 is 2.69 bits per heavy atom. The van der Waals surface area contributed by atoms with Gasteiger partial charge in [-0.3, -0.25) is 4.79 Å². The van der Waals surface area contributed by atoms with Gasteiger partial charge in [0, 0.05) is 42.7 Å². The number of rotatable bonds is 4. The monoisotopic (exact) mass is 439 g/mol. The number of pyridine rings is 1. The number of carboxylic acids is 1. The van der Waals surface area contributed by atoms with Crippen LogP contribution in [0, 0.1) is 0 Å². The average Bonchev–Trinajstić information content (AvgIpc) is 3.57. The maximum Gasteiger partial charge on any atom is 0.341 e. The average molecular weight is 440 g/mol. The van der Waals surface area contributed by atoms with Gasteiger partial charge < -0.3 is 24.6 Å². The van der Waals surface area contributed by atoms with E-state index in [-0.39, 0.29) is 11.6 Å². The summed E-state index contributed by atoms with van der Waals surface area (Å²) in [5, 5.41) is 14.3. The fourth-order valence-electron chi connectivity index (χ4n) is 4.67. The lowest BCUT2D eigenvalue weighted by Crippen LogP contribution is -2.48. The van der Waals surface area contributed by atoms with Crippen LogP contribution in [-0.2, 0) is 4.74 Å². The second kappa shape index (κ2) is 9.36. The van der Waals surface area contributed by atoms with E-state index < -0.39 is 11.4 Å². The molecule has 1 saturated carbocycles. The molecule has 1 aliphatic heterocycles. The van der Waals surface area contributed by atoms with Crippen LogP contribution >= 0.6 is 0 Å². The first kappa shape index (κ1) is 22.4. The minimum atomic E-state index is -1.19. The summed E-state index contributed by atoms with van der Waals surface area (Å²) in [7, 11) is 1.66. The minimum Gasteiger partial charge on any atom is -0.494 e. The maximum absolute atomic E-state index is 13.0. The Hall–Kier alpha value is -2.80. The van der Waals surface area contributed by atoms with Crippen molar-refractivity contribution in [2.24, 2.45) is 0 Å². The van der Waals surface area contributed by atoms with Gasteiger partial charge in [-0.25, -0.2) is 4.79 Å². The molecule has 2 aliphatic carbocycles. The largest absolute Gasteiger partial charge is 0.494 e. The number of hydrogen-bond acceptors (Lipinski definition) is 5. The van der Waals surface area contributed by atoms with Crippen molar-refractivity contribution in [3.8, 4) is 0 Å². The third kappa shape index (κ3) is 4.53. The molecule has 7 heteroatoms. The van der Waals surface area contributed by atoms with Crippen LogP contribution in [0.15, 0.2) is 34.1 Å². The highest BCUT2D eigenvalue weighted by atomic mass is 16.5. The highest BCUT2D eigenvalue weighted by Crippen LogP contribution is 2.33. The number of aromatic nitrogens is 1. The highest BCUT2D eigenvalue weighted by Gasteiger charge is 2.27. The predicted octanol–water partition coefficient (Wildman–Crippen LogP) is 1.72. The Labute approximate surface area is 188 Å². The molecule has 0 radical (unpaired) electrons. The molecule has 1 unspecified atom stereocenters. The number of methoxy groups -OCH3 is 1. The van der Waals surface area contributed by atoms with Crippen LogP contribution in [0.3, 0.4) is 0 Å². The summed E-state index contributed by atoms with van der Waals surface area (Å²) in [6.07, 6.45) is 12.5. The molecule has 0 bridgehead atoms. The molecule has 32 heavy (non-hydrogen) atoms. The summed E-state index contributed by atoms with van der Waals surface area (Å²) in [6.45, 7) is 7.06. The molecule has 3 aliphatic rings. The summed E-state index contributed by atoms with van der Waals surface area (Å²) >= 11 is 0. The first-order valence-electron chi connectivity index (χ1n) is 11.6. The van der Waals surface area contributed by atoms with Gasteiger partial charge in [-0.15, -0.1) is 0 Å². The van der Waals surface area contributed by atoms with Crippen LogP contribution in [-0.4, -0.2) is 53.3 Å². The summed E-state index contributed by atoms with van der Waals surface area (Å²) in [6, 6.07) is 0.559. The van der Waals surface area contributed by atoms with Gasteiger partial charge in [0.1, 0.15) is 11.3 Å². The zero-order valence-corrected chi connectivity index (χ0v) is 19.2. The number of allylic oxidation sites excluding steroid dienone is 3. The van der Waals surface area contributed by atoms with Crippen molar-refractivity contribution in [3.63, 3.8) is 0 Å². The quantitative estimate of drug-likeness (QED) is 0.743. The molecule has 2 N–H and O–H groups in total. The molecule has 0 amide bonds. The summed E-state index contributed by atoms with van der Waals surface area (Å²) in [5.74, 6) is -0.485. The van der Waals surface area contributed by atoms with Gasteiger partial charge in [0.2, 0.25) is 5.43 Å². The van der Waals surface area contributed by atoms with Crippen molar-refractivity contribution >= 4 is 18.1 Å². The first-order chi connectivity index (χ1) is 15.4. The summed E-state index contributed by atoms with van der Waals surface area (Å²) < 4.78 is 7.86.